The minimum absolute atomic E-state index is 0.0490. The van der Waals surface area contributed by atoms with Gasteiger partial charge < -0.3 is 10.3 Å². The van der Waals surface area contributed by atoms with Crippen molar-refractivity contribution in [1.82, 2.24) is 4.57 Å². The molecular weight excluding hydrogens is 219 g/mol. The van der Waals surface area contributed by atoms with Crippen molar-refractivity contribution in [2.45, 2.75) is 13.3 Å². The molecule has 4 heteroatoms. The lowest BCUT2D eigenvalue weighted by atomic mass is 10.0. The number of fused-ring (bicyclic) bond motifs is 1. The summed E-state index contributed by atoms with van der Waals surface area (Å²) < 4.78 is 14.8. The number of nitrogens with two attached hydrogens (primary N) is 1. The quantitative estimate of drug-likeness (QED) is 0.855. The Balaban J connectivity index is 2.90. The molecule has 2 rings (SSSR count). The van der Waals surface area contributed by atoms with E-state index in [1.807, 2.05) is 6.92 Å². The van der Waals surface area contributed by atoms with Crippen molar-refractivity contribution in [2.75, 3.05) is 6.54 Å². The molecule has 0 bridgehead atoms. The second kappa shape index (κ2) is 4.30. The standard InChI is InChI=1S/C13H15FN2O/c1-8-10(5-6-15)13(17)16(2)12-4-3-9(14)7-11(8)12/h3-4,7H,5-6,15H2,1-2H3. The molecule has 0 amide bonds. The smallest absolute Gasteiger partial charge is 0.254 e. The van der Waals surface area contributed by atoms with Gasteiger partial charge in [0.25, 0.3) is 5.56 Å². The molecule has 1 aromatic heterocycles. The van der Waals surface area contributed by atoms with Crippen molar-refractivity contribution < 1.29 is 4.39 Å². The average molecular weight is 234 g/mol. The first-order chi connectivity index (χ1) is 8.06. The number of hydrogen-bond donors (Lipinski definition) is 1. The predicted molar refractivity (Wildman–Crippen MR) is 66.6 cm³/mol. The summed E-state index contributed by atoms with van der Waals surface area (Å²) in [6.45, 7) is 2.26. The van der Waals surface area contributed by atoms with Crippen molar-refractivity contribution in [3.8, 4) is 0 Å². The third kappa shape index (κ3) is 1.85. The fraction of sp³-hybridized carbons (Fsp3) is 0.308. The minimum atomic E-state index is -0.294. The summed E-state index contributed by atoms with van der Waals surface area (Å²) in [6, 6.07) is 4.46. The molecule has 3 nitrogen and oxygen atoms in total. The maximum atomic E-state index is 13.3. The van der Waals surface area contributed by atoms with Crippen LogP contribution in [0.4, 0.5) is 4.39 Å². The van der Waals surface area contributed by atoms with Crippen LogP contribution in [0.25, 0.3) is 10.9 Å². The van der Waals surface area contributed by atoms with Crippen LogP contribution in [0.5, 0.6) is 0 Å². The topological polar surface area (TPSA) is 48.0 Å². The highest BCUT2D eigenvalue weighted by Crippen LogP contribution is 2.20. The SMILES string of the molecule is Cc1c(CCN)c(=O)n(C)c2ccc(F)cc12. The van der Waals surface area contributed by atoms with Gasteiger partial charge in [-0.3, -0.25) is 4.79 Å². The van der Waals surface area contributed by atoms with E-state index in [0.717, 1.165) is 16.5 Å². The van der Waals surface area contributed by atoms with Gasteiger partial charge in [0.1, 0.15) is 5.82 Å². The highest BCUT2D eigenvalue weighted by Gasteiger charge is 2.11. The van der Waals surface area contributed by atoms with Gasteiger partial charge in [-0.25, -0.2) is 4.39 Å². The normalized spacial score (nSPS) is 11.1. The van der Waals surface area contributed by atoms with Gasteiger partial charge in [-0.15, -0.1) is 0 Å². The summed E-state index contributed by atoms with van der Waals surface area (Å²) in [4.78, 5) is 12.1. The van der Waals surface area contributed by atoms with Crippen LogP contribution in [-0.4, -0.2) is 11.1 Å². The average Bonchev–Trinajstić information content (AvgIpc) is 2.32. The Morgan fingerprint density at radius 1 is 1.41 bits per heavy atom. The molecule has 1 heterocycles. The number of rotatable bonds is 2. The van der Waals surface area contributed by atoms with E-state index in [4.69, 9.17) is 5.73 Å². The van der Waals surface area contributed by atoms with Crippen LogP contribution in [0.1, 0.15) is 11.1 Å². The summed E-state index contributed by atoms with van der Waals surface area (Å²) >= 11 is 0. The molecule has 0 aliphatic heterocycles. The molecule has 17 heavy (non-hydrogen) atoms. The van der Waals surface area contributed by atoms with Crippen molar-refractivity contribution in [3.63, 3.8) is 0 Å². The van der Waals surface area contributed by atoms with Gasteiger partial charge in [0, 0.05) is 18.0 Å². The fourth-order valence-electron chi connectivity index (χ4n) is 2.17. The highest BCUT2D eigenvalue weighted by atomic mass is 19.1. The van der Waals surface area contributed by atoms with Crippen molar-refractivity contribution in [2.24, 2.45) is 12.8 Å². The lowest BCUT2D eigenvalue weighted by Crippen LogP contribution is -2.25. The molecule has 1 aromatic carbocycles. The number of hydrogen-bond acceptors (Lipinski definition) is 2. The van der Waals surface area contributed by atoms with Crippen molar-refractivity contribution in [3.05, 3.63) is 45.5 Å². The zero-order valence-electron chi connectivity index (χ0n) is 9.96. The summed E-state index contributed by atoms with van der Waals surface area (Å²) in [7, 11) is 1.70. The zero-order chi connectivity index (χ0) is 12.6. The molecule has 0 aliphatic rings. The van der Waals surface area contributed by atoms with Gasteiger partial charge in [0.2, 0.25) is 0 Å². The molecule has 0 radical (unpaired) electrons. The molecule has 0 atom stereocenters. The van der Waals surface area contributed by atoms with E-state index in [-0.39, 0.29) is 11.4 Å². The van der Waals surface area contributed by atoms with Crippen LogP contribution in [0.15, 0.2) is 23.0 Å². The molecule has 0 saturated heterocycles. The highest BCUT2D eigenvalue weighted by molar-refractivity contribution is 5.83. The molecule has 0 aliphatic carbocycles. The maximum absolute atomic E-state index is 13.3. The van der Waals surface area contributed by atoms with Crippen molar-refractivity contribution >= 4 is 10.9 Å². The van der Waals surface area contributed by atoms with E-state index in [2.05, 4.69) is 0 Å². The lowest BCUT2D eigenvalue weighted by molar-refractivity contribution is 0.629. The molecule has 2 N–H and O–H groups in total. The molecule has 0 fully saturated rings. The largest absolute Gasteiger partial charge is 0.330 e. The van der Waals surface area contributed by atoms with E-state index in [1.54, 1.807) is 17.7 Å². The monoisotopic (exact) mass is 234 g/mol. The third-order valence-corrected chi connectivity index (χ3v) is 3.13. The van der Waals surface area contributed by atoms with E-state index < -0.39 is 0 Å². The first-order valence-electron chi connectivity index (χ1n) is 5.54. The van der Waals surface area contributed by atoms with Gasteiger partial charge in [0.15, 0.2) is 0 Å². The van der Waals surface area contributed by atoms with Crippen LogP contribution in [0.2, 0.25) is 0 Å². The number of aromatic nitrogens is 1. The molecule has 2 aromatic rings. The summed E-state index contributed by atoms with van der Waals surface area (Å²) in [6.07, 6.45) is 0.519. The van der Waals surface area contributed by atoms with Gasteiger partial charge in [-0.1, -0.05) is 0 Å². The fourth-order valence-corrected chi connectivity index (χ4v) is 2.17. The Morgan fingerprint density at radius 3 is 2.76 bits per heavy atom. The van der Waals surface area contributed by atoms with Crippen LogP contribution >= 0.6 is 0 Å². The molecule has 0 unspecified atom stereocenters. The van der Waals surface area contributed by atoms with Crippen LogP contribution in [0.3, 0.4) is 0 Å². The number of aryl methyl sites for hydroxylation is 2. The Morgan fingerprint density at radius 2 is 2.12 bits per heavy atom. The number of halogens is 1. The van der Waals surface area contributed by atoms with Crippen molar-refractivity contribution in [1.29, 1.82) is 0 Å². The van der Waals surface area contributed by atoms with Crippen LogP contribution < -0.4 is 11.3 Å². The molecule has 0 saturated carbocycles. The van der Waals surface area contributed by atoms with Crippen LogP contribution in [0, 0.1) is 12.7 Å². The van der Waals surface area contributed by atoms with Gasteiger partial charge in [0.05, 0.1) is 5.52 Å². The van der Waals surface area contributed by atoms with Gasteiger partial charge in [-0.05, 0) is 43.7 Å². The van der Waals surface area contributed by atoms with E-state index in [9.17, 15) is 9.18 Å². The van der Waals surface area contributed by atoms with E-state index >= 15 is 0 Å². The zero-order valence-corrected chi connectivity index (χ0v) is 9.96. The van der Waals surface area contributed by atoms with Gasteiger partial charge >= 0.3 is 0 Å². The first-order valence-corrected chi connectivity index (χ1v) is 5.54. The second-order valence-corrected chi connectivity index (χ2v) is 4.17. The molecule has 0 spiro atoms. The van der Waals surface area contributed by atoms with Crippen LogP contribution in [-0.2, 0) is 13.5 Å². The Kier molecular flexibility index (Phi) is 2.98. The maximum Gasteiger partial charge on any atom is 0.254 e. The second-order valence-electron chi connectivity index (χ2n) is 4.17. The van der Waals surface area contributed by atoms with E-state index in [0.29, 0.717) is 18.5 Å². The van der Waals surface area contributed by atoms with E-state index in [1.165, 1.54) is 12.1 Å². The number of pyridine rings is 1. The Labute approximate surface area is 98.7 Å². The minimum Gasteiger partial charge on any atom is -0.330 e. The third-order valence-electron chi connectivity index (χ3n) is 3.13. The first kappa shape index (κ1) is 11.8. The summed E-state index contributed by atoms with van der Waals surface area (Å²) in [5, 5.41) is 0.774. The summed E-state index contributed by atoms with van der Waals surface area (Å²) in [5.74, 6) is -0.294. The summed E-state index contributed by atoms with van der Waals surface area (Å²) in [5.41, 5.74) is 7.70. The Hall–Kier alpha value is -1.68. The lowest BCUT2D eigenvalue weighted by Gasteiger charge is -2.12. The number of nitrogens with zero attached hydrogens (tertiary/aromatic N) is 1. The molecule has 90 valence electrons. The number of benzene rings is 1. The Bertz CT molecular complexity index is 631. The molecular formula is C13H15FN2O. The predicted octanol–water partition coefficient (Wildman–Crippen LogP) is 1.49. The van der Waals surface area contributed by atoms with Gasteiger partial charge in [-0.2, -0.15) is 0 Å².